The number of benzene rings is 2. The minimum Gasteiger partial charge on any atom is -0.497 e. The molecule has 1 saturated heterocycles. The van der Waals surface area contributed by atoms with E-state index in [2.05, 4.69) is 38.7 Å². The summed E-state index contributed by atoms with van der Waals surface area (Å²) in [6.45, 7) is 11.7. The molecular weight excluding hydrogens is 422 g/mol. The molecule has 5 nitrogen and oxygen atoms in total. The van der Waals surface area contributed by atoms with Crippen LogP contribution in [0, 0.1) is 5.92 Å². The van der Waals surface area contributed by atoms with Gasteiger partial charge in [0, 0.05) is 25.0 Å². The monoisotopic (exact) mass is 459 g/mol. The van der Waals surface area contributed by atoms with Gasteiger partial charge in [0.2, 0.25) is 0 Å². The Morgan fingerprint density at radius 2 is 1.76 bits per heavy atom. The maximum atomic E-state index is 13.7. The lowest BCUT2D eigenvalue weighted by atomic mass is 9.96. The second-order valence-electron chi connectivity index (χ2n) is 10.0. The summed E-state index contributed by atoms with van der Waals surface area (Å²) in [6, 6.07) is 14.5. The van der Waals surface area contributed by atoms with Crippen LogP contribution in [0.15, 0.2) is 47.3 Å². The van der Waals surface area contributed by atoms with E-state index in [9.17, 15) is 4.79 Å². The van der Waals surface area contributed by atoms with Crippen molar-refractivity contribution in [2.24, 2.45) is 5.92 Å². The Hall–Kier alpha value is -2.92. The molecule has 1 atom stereocenters. The van der Waals surface area contributed by atoms with Crippen molar-refractivity contribution < 1.29 is 4.74 Å². The van der Waals surface area contributed by atoms with Gasteiger partial charge < -0.3 is 9.64 Å². The normalized spacial score (nSPS) is 17.3. The van der Waals surface area contributed by atoms with Crippen molar-refractivity contribution in [3.05, 3.63) is 69.8 Å². The first-order valence-electron chi connectivity index (χ1n) is 12.5. The summed E-state index contributed by atoms with van der Waals surface area (Å²) < 4.78 is 7.19. The maximum absolute atomic E-state index is 13.7. The van der Waals surface area contributed by atoms with Crippen molar-refractivity contribution in [1.82, 2.24) is 14.5 Å². The molecule has 1 fully saturated rings. The second kappa shape index (κ2) is 10.6. The highest BCUT2D eigenvalue weighted by Crippen LogP contribution is 2.23. The second-order valence-corrected chi connectivity index (χ2v) is 10.0. The maximum Gasteiger partial charge on any atom is 0.261 e. The lowest BCUT2D eigenvalue weighted by molar-refractivity contribution is 0.129. The Kier molecular flexibility index (Phi) is 7.52. The van der Waals surface area contributed by atoms with Gasteiger partial charge >= 0.3 is 0 Å². The van der Waals surface area contributed by atoms with E-state index in [1.807, 2.05) is 53.1 Å². The number of piperidine rings is 1. The molecule has 1 aliphatic heterocycles. The first kappa shape index (κ1) is 24.2. The largest absolute Gasteiger partial charge is 0.497 e. The van der Waals surface area contributed by atoms with Crippen molar-refractivity contribution in [1.29, 1.82) is 0 Å². The average Bonchev–Trinajstić information content (AvgIpc) is 2.84. The van der Waals surface area contributed by atoms with Gasteiger partial charge in [0.1, 0.15) is 11.6 Å². The fraction of sp³-hybridized carbons (Fsp3) is 0.448. The zero-order valence-corrected chi connectivity index (χ0v) is 21.1. The van der Waals surface area contributed by atoms with E-state index in [1.165, 1.54) is 6.42 Å². The quantitative estimate of drug-likeness (QED) is 0.418. The van der Waals surface area contributed by atoms with Crippen LogP contribution in [0.4, 0.5) is 0 Å². The molecule has 0 unspecified atom stereocenters. The molecule has 0 bridgehead atoms. The summed E-state index contributed by atoms with van der Waals surface area (Å²) in [6.07, 6.45) is 6.45. The molecule has 2 aromatic carbocycles. The lowest BCUT2D eigenvalue weighted by Gasteiger charge is -2.36. The molecule has 1 aliphatic rings. The number of aromatic nitrogens is 2. The van der Waals surface area contributed by atoms with E-state index in [4.69, 9.17) is 9.72 Å². The fourth-order valence-electron chi connectivity index (χ4n) is 4.86. The topological polar surface area (TPSA) is 47.4 Å². The first-order valence-corrected chi connectivity index (χ1v) is 12.5. The van der Waals surface area contributed by atoms with Gasteiger partial charge in [-0.05, 0) is 74.5 Å². The Labute approximate surface area is 203 Å². The van der Waals surface area contributed by atoms with Gasteiger partial charge in [-0.25, -0.2) is 4.98 Å². The van der Waals surface area contributed by atoms with Gasteiger partial charge in [-0.3, -0.25) is 9.36 Å². The molecule has 180 valence electrons. The Balaban J connectivity index is 1.66. The van der Waals surface area contributed by atoms with Crippen molar-refractivity contribution in [3.8, 4) is 5.75 Å². The predicted molar refractivity (Wildman–Crippen MR) is 141 cm³/mol. The summed E-state index contributed by atoms with van der Waals surface area (Å²) in [5.74, 6) is 2.39. The number of hydrogen-bond donors (Lipinski definition) is 0. The highest BCUT2D eigenvalue weighted by atomic mass is 16.5. The predicted octanol–water partition coefficient (Wildman–Crippen LogP) is 5.82. The lowest BCUT2D eigenvalue weighted by Crippen LogP contribution is -2.42. The molecule has 34 heavy (non-hydrogen) atoms. The molecule has 1 aromatic heterocycles. The summed E-state index contributed by atoms with van der Waals surface area (Å²) in [7, 11) is 1.67. The zero-order valence-electron chi connectivity index (χ0n) is 21.1. The number of ether oxygens (including phenoxy) is 1. The Bertz CT molecular complexity index is 1210. The SMILES string of the molecule is COc1ccc(/C=C/c2ccc3nc(C(C)C)n(C[C@H]4CCCN(C(C)C)C4)c(=O)c3c2)cc1. The van der Waals surface area contributed by atoms with Gasteiger partial charge in [0.05, 0.1) is 18.0 Å². The van der Waals surface area contributed by atoms with E-state index >= 15 is 0 Å². The minimum atomic E-state index is 0.0788. The van der Waals surface area contributed by atoms with E-state index in [1.54, 1.807) is 7.11 Å². The van der Waals surface area contributed by atoms with Crippen LogP contribution in [0.5, 0.6) is 5.75 Å². The third kappa shape index (κ3) is 5.41. The molecule has 0 amide bonds. The minimum absolute atomic E-state index is 0.0788. The van der Waals surface area contributed by atoms with Gasteiger partial charge in [-0.2, -0.15) is 0 Å². The van der Waals surface area contributed by atoms with Gasteiger partial charge in [-0.15, -0.1) is 0 Å². The molecule has 0 radical (unpaired) electrons. The van der Waals surface area contributed by atoms with Crippen LogP contribution in [0.25, 0.3) is 23.1 Å². The van der Waals surface area contributed by atoms with E-state index < -0.39 is 0 Å². The average molecular weight is 460 g/mol. The molecule has 3 aromatic rings. The Morgan fingerprint density at radius 3 is 2.44 bits per heavy atom. The molecular formula is C29H37N3O2. The van der Waals surface area contributed by atoms with Crippen LogP contribution in [-0.4, -0.2) is 40.7 Å². The van der Waals surface area contributed by atoms with Crippen LogP contribution in [0.3, 0.4) is 0 Å². The molecule has 5 heteroatoms. The summed E-state index contributed by atoms with van der Waals surface area (Å²) in [5, 5.41) is 0.692. The molecule has 0 saturated carbocycles. The number of fused-ring (bicyclic) bond motifs is 1. The highest BCUT2D eigenvalue weighted by Gasteiger charge is 2.24. The van der Waals surface area contributed by atoms with E-state index in [0.29, 0.717) is 17.3 Å². The molecule has 0 aliphatic carbocycles. The summed E-state index contributed by atoms with van der Waals surface area (Å²) >= 11 is 0. The summed E-state index contributed by atoms with van der Waals surface area (Å²) in [4.78, 5) is 21.2. The first-order chi connectivity index (χ1) is 16.4. The zero-order chi connectivity index (χ0) is 24.2. The van der Waals surface area contributed by atoms with Gasteiger partial charge in [0.15, 0.2) is 0 Å². The van der Waals surface area contributed by atoms with Crippen LogP contribution in [0.1, 0.15) is 63.4 Å². The number of hydrogen-bond acceptors (Lipinski definition) is 4. The number of methoxy groups -OCH3 is 1. The molecule has 0 N–H and O–H groups in total. The van der Waals surface area contributed by atoms with Crippen LogP contribution < -0.4 is 10.3 Å². The van der Waals surface area contributed by atoms with Crippen molar-refractivity contribution in [2.75, 3.05) is 20.2 Å². The Morgan fingerprint density at radius 1 is 1.06 bits per heavy atom. The van der Waals surface area contributed by atoms with Gasteiger partial charge in [0.25, 0.3) is 5.56 Å². The van der Waals surface area contributed by atoms with Crippen LogP contribution in [0.2, 0.25) is 0 Å². The summed E-state index contributed by atoms with van der Waals surface area (Å²) in [5.41, 5.74) is 2.93. The smallest absolute Gasteiger partial charge is 0.261 e. The molecule has 4 rings (SSSR count). The van der Waals surface area contributed by atoms with Crippen molar-refractivity contribution in [2.45, 2.75) is 59.0 Å². The third-order valence-electron chi connectivity index (χ3n) is 6.83. The number of nitrogens with zero attached hydrogens (tertiary/aromatic N) is 3. The van der Waals surface area contributed by atoms with Crippen LogP contribution in [-0.2, 0) is 6.54 Å². The molecule has 2 heterocycles. The fourth-order valence-corrected chi connectivity index (χ4v) is 4.86. The third-order valence-corrected chi connectivity index (χ3v) is 6.83. The van der Waals surface area contributed by atoms with Gasteiger partial charge in [-0.1, -0.05) is 44.2 Å². The standard InChI is InChI=1S/C29H37N3O2/c1-20(2)28-30-27-15-12-23(9-8-22-10-13-25(34-5)14-11-22)17-26(27)29(33)32(28)19-24-7-6-16-31(18-24)21(3)4/h8-15,17,20-21,24H,6-7,16,18-19H2,1-5H3/b9-8+/t24-/m0/s1. The van der Waals surface area contributed by atoms with E-state index in [-0.39, 0.29) is 11.5 Å². The van der Waals surface area contributed by atoms with Crippen molar-refractivity contribution in [3.63, 3.8) is 0 Å². The van der Waals surface area contributed by atoms with Crippen molar-refractivity contribution >= 4 is 23.1 Å². The molecule has 0 spiro atoms. The van der Waals surface area contributed by atoms with Crippen LogP contribution >= 0.6 is 0 Å². The van der Waals surface area contributed by atoms with E-state index in [0.717, 1.165) is 54.3 Å². The highest BCUT2D eigenvalue weighted by molar-refractivity contribution is 5.82. The number of rotatable bonds is 7. The number of likely N-dealkylation sites (tertiary alicyclic amines) is 1.